The molecule has 0 atom stereocenters. The molecule has 1 amide bonds. The smallest absolute Gasteiger partial charge is 0.254 e. The maximum Gasteiger partial charge on any atom is 0.254 e. The summed E-state index contributed by atoms with van der Waals surface area (Å²) in [6, 6.07) is 8.91. The largest absolute Gasteiger partial charge is 0.396 e. The van der Waals surface area contributed by atoms with E-state index in [-0.39, 0.29) is 27.5 Å². The Bertz CT molecular complexity index is 651. The molecule has 2 aromatic rings. The summed E-state index contributed by atoms with van der Waals surface area (Å²) in [6.07, 6.45) is 0. The number of nitrogens with zero attached hydrogens (tertiary/aromatic N) is 1. The molecular formula is C15H13Cl2FN2O. The van der Waals surface area contributed by atoms with Crippen LogP contribution in [-0.2, 0) is 6.54 Å². The molecule has 0 aliphatic rings. The number of carbonyl (C=O) groups is 1. The van der Waals surface area contributed by atoms with E-state index in [2.05, 4.69) is 0 Å². The van der Waals surface area contributed by atoms with Gasteiger partial charge in [0, 0.05) is 19.2 Å². The van der Waals surface area contributed by atoms with Gasteiger partial charge in [0.2, 0.25) is 0 Å². The summed E-state index contributed by atoms with van der Waals surface area (Å²) >= 11 is 11.8. The summed E-state index contributed by atoms with van der Waals surface area (Å²) in [5.41, 5.74) is 7.06. The van der Waals surface area contributed by atoms with E-state index < -0.39 is 0 Å². The number of rotatable bonds is 3. The zero-order valence-corrected chi connectivity index (χ0v) is 12.7. The van der Waals surface area contributed by atoms with Crippen molar-refractivity contribution in [2.75, 3.05) is 12.8 Å². The molecule has 0 heterocycles. The quantitative estimate of drug-likeness (QED) is 0.867. The van der Waals surface area contributed by atoms with Crippen molar-refractivity contribution < 1.29 is 9.18 Å². The highest BCUT2D eigenvalue weighted by atomic mass is 35.5. The highest BCUT2D eigenvalue weighted by Gasteiger charge is 2.15. The van der Waals surface area contributed by atoms with Crippen molar-refractivity contribution in [3.05, 3.63) is 63.4 Å². The average molecular weight is 327 g/mol. The van der Waals surface area contributed by atoms with Crippen LogP contribution in [0.4, 0.5) is 10.1 Å². The number of hydrogen-bond acceptors (Lipinski definition) is 2. The predicted molar refractivity (Wildman–Crippen MR) is 83.1 cm³/mol. The van der Waals surface area contributed by atoms with E-state index in [9.17, 15) is 9.18 Å². The first kappa shape index (κ1) is 15.6. The molecule has 0 aliphatic carbocycles. The van der Waals surface area contributed by atoms with Gasteiger partial charge in [-0.15, -0.1) is 0 Å². The lowest BCUT2D eigenvalue weighted by molar-refractivity contribution is 0.0785. The molecule has 0 saturated heterocycles. The van der Waals surface area contributed by atoms with Crippen molar-refractivity contribution >= 4 is 34.8 Å². The standard InChI is InChI=1S/C15H13Cl2FN2O/c1-20(8-9-2-4-11(18)5-3-9)15(21)10-6-12(16)14(19)13(17)7-10/h2-7H,8,19H2,1H3. The predicted octanol–water partition coefficient (Wildman–Crippen LogP) is 3.99. The van der Waals surface area contributed by atoms with Gasteiger partial charge in [0.25, 0.3) is 5.91 Å². The molecule has 0 unspecified atom stereocenters. The molecule has 0 aliphatic heterocycles. The lowest BCUT2D eigenvalue weighted by Gasteiger charge is -2.18. The minimum absolute atomic E-state index is 0.237. The summed E-state index contributed by atoms with van der Waals surface area (Å²) in [7, 11) is 1.64. The number of carbonyl (C=O) groups excluding carboxylic acids is 1. The van der Waals surface area contributed by atoms with E-state index in [0.717, 1.165) is 5.56 Å². The van der Waals surface area contributed by atoms with Crippen LogP contribution < -0.4 is 5.73 Å². The summed E-state index contributed by atoms with van der Waals surface area (Å²) in [5, 5.41) is 0.474. The molecule has 0 saturated carbocycles. The molecule has 2 rings (SSSR count). The molecule has 0 radical (unpaired) electrons. The van der Waals surface area contributed by atoms with Gasteiger partial charge < -0.3 is 10.6 Å². The minimum Gasteiger partial charge on any atom is -0.396 e. The Labute approximate surface area is 132 Å². The van der Waals surface area contributed by atoms with Crippen molar-refractivity contribution in [1.29, 1.82) is 0 Å². The number of anilines is 1. The van der Waals surface area contributed by atoms with Gasteiger partial charge >= 0.3 is 0 Å². The van der Waals surface area contributed by atoms with Crippen LogP contribution >= 0.6 is 23.2 Å². The Morgan fingerprint density at radius 3 is 2.24 bits per heavy atom. The van der Waals surface area contributed by atoms with Gasteiger partial charge in [0.1, 0.15) is 5.82 Å². The van der Waals surface area contributed by atoms with Crippen LogP contribution in [0, 0.1) is 5.82 Å². The molecule has 0 spiro atoms. The first-order chi connectivity index (χ1) is 9.88. The third kappa shape index (κ3) is 3.65. The zero-order valence-electron chi connectivity index (χ0n) is 11.2. The van der Waals surface area contributed by atoms with Crippen molar-refractivity contribution in [2.45, 2.75) is 6.54 Å². The molecule has 110 valence electrons. The first-order valence-corrected chi connectivity index (χ1v) is 6.88. The summed E-state index contributed by atoms with van der Waals surface area (Å²) in [5.74, 6) is -0.562. The summed E-state index contributed by atoms with van der Waals surface area (Å²) in [4.78, 5) is 13.8. The molecule has 0 aromatic heterocycles. The number of nitrogens with two attached hydrogens (primary N) is 1. The van der Waals surface area contributed by atoms with Gasteiger partial charge in [-0.2, -0.15) is 0 Å². The molecular weight excluding hydrogens is 314 g/mol. The lowest BCUT2D eigenvalue weighted by atomic mass is 10.1. The molecule has 2 aromatic carbocycles. The fraction of sp³-hybridized carbons (Fsp3) is 0.133. The topological polar surface area (TPSA) is 46.3 Å². The van der Waals surface area contributed by atoms with Crippen LogP contribution in [0.25, 0.3) is 0 Å². The van der Waals surface area contributed by atoms with E-state index in [1.54, 1.807) is 19.2 Å². The highest BCUT2D eigenvalue weighted by Crippen LogP contribution is 2.29. The van der Waals surface area contributed by atoms with E-state index in [4.69, 9.17) is 28.9 Å². The third-order valence-corrected chi connectivity index (χ3v) is 3.63. The average Bonchev–Trinajstić information content (AvgIpc) is 2.45. The molecule has 6 heteroatoms. The normalized spacial score (nSPS) is 10.5. The van der Waals surface area contributed by atoms with Crippen molar-refractivity contribution in [2.24, 2.45) is 0 Å². The summed E-state index contributed by atoms with van der Waals surface area (Å²) in [6.45, 7) is 0.346. The second kappa shape index (κ2) is 6.33. The maximum atomic E-state index is 12.9. The Morgan fingerprint density at radius 1 is 1.19 bits per heavy atom. The van der Waals surface area contributed by atoms with Gasteiger partial charge in [-0.3, -0.25) is 4.79 Å². The number of nitrogen functional groups attached to an aromatic ring is 1. The van der Waals surface area contributed by atoms with Gasteiger partial charge in [-0.1, -0.05) is 35.3 Å². The van der Waals surface area contributed by atoms with Crippen molar-refractivity contribution in [1.82, 2.24) is 4.90 Å². The number of benzene rings is 2. The van der Waals surface area contributed by atoms with E-state index >= 15 is 0 Å². The van der Waals surface area contributed by atoms with Gasteiger partial charge in [0.15, 0.2) is 0 Å². The molecule has 3 nitrogen and oxygen atoms in total. The Balaban J connectivity index is 2.17. The maximum absolute atomic E-state index is 12.9. The fourth-order valence-corrected chi connectivity index (χ4v) is 2.35. The van der Waals surface area contributed by atoms with Crippen molar-refractivity contribution in [3.63, 3.8) is 0 Å². The Hall–Kier alpha value is -1.78. The zero-order chi connectivity index (χ0) is 15.6. The van der Waals surface area contributed by atoms with Crippen LogP contribution in [0.3, 0.4) is 0 Å². The second-order valence-electron chi connectivity index (χ2n) is 4.64. The van der Waals surface area contributed by atoms with Crippen LogP contribution in [0.5, 0.6) is 0 Å². The van der Waals surface area contributed by atoms with Crippen LogP contribution in [-0.4, -0.2) is 17.9 Å². The number of amides is 1. The summed E-state index contributed by atoms with van der Waals surface area (Å²) < 4.78 is 12.9. The first-order valence-electron chi connectivity index (χ1n) is 6.13. The van der Waals surface area contributed by atoms with Crippen LogP contribution in [0.2, 0.25) is 10.0 Å². The SMILES string of the molecule is CN(Cc1ccc(F)cc1)C(=O)c1cc(Cl)c(N)c(Cl)c1. The van der Waals surface area contributed by atoms with E-state index in [0.29, 0.717) is 12.1 Å². The molecule has 0 fully saturated rings. The second-order valence-corrected chi connectivity index (χ2v) is 5.46. The van der Waals surface area contributed by atoms with E-state index in [1.807, 2.05) is 0 Å². The molecule has 0 bridgehead atoms. The van der Waals surface area contributed by atoms with Gasteiger partial charge in [0.05, 0.1) is 15.7 Å². The Morgan fingerprint density at radius 2 is 1.71 bits per heavy atom. The molecule has 21 heavy (non-hydrogen) atoms. The number of hydrogen-bond donors (Lipinski definition) is 1. The fourth-order valence-electron chi connectivity index (χ4n) is 1.86. The van der Waals surface area contributed by atoms with Gasteiger partial charge in [-0.05, 0) is 29.8 Å². The van der Waals surface area contributed by atoms with Crippen LogP contribution in [0.1, 0.15) is 15.9 Å². The lowest BCUT2D eigenvalue weighted by Crippen LogP contribution is -2.26. The van der Waals surface area contributed by atoms with Crippen molar-refractivity contribution in [3.8, 4) is 0 Å². The van der Waals surface area contributed by atoms with Crippen LogP contribution in [0.15, 0.2) is 36.4 Å². The van der Waals surface area contributed by atoms with Gasteiger partial charge in [-0.25, -0.2) is 4.39 Å². The third-order valence-electron chi connectivity index (χ3n) is 3.01. The minimum atomic E-state index is -0.315. The number of halogens is 3. The van der Waals surface area contributed by atoms with E-state index in [1.165, 1.54) is 29.2 Å². The highest BCUT2D eigenvalue weighted by molar-refractivity contribution is 6.39. The molecule has 2 N–H and O–H groups in total. The Kier molecular flexibility index (Phi) is 4.70. The monoisotopic (exact) mass is 326 g/mol.